The Morgan fingerprint density at radius 1 is 1.44 bits per heavy atom. The summed E-state index contributed by atoms with van der Waals surface area (Å²) in [6.45, 7) is 3.37. The second-order valence-corrected chi connectivity index (χ2v) is 5.15. The van der Waals surface area contributed by atoms with Gasteiger partial charge in [-0.1, -0.05) is 17.7 Å². The minimum absolute atomic E-state index is 0. The lowest BCUT2D eigenvalue weighted by Gasteiger charge is -2.32. The maximum absolute atomic E-state index is 13.6. The van der Waals surface area contributed by atoms with E-state index in [1.54, 1.807) is 12.1 Å². The first-order valence-electron chi connectivity index (χ1n) is 6.05. The van der Waals surface area contributed by atoms with Gasteiger partial charge in [-0.2, -0.15) is 0 Å². The van der Waals surface area contributed by atoms with Gasteiger partial charge in [-0.25, -0.2) is 4.39 Å². The van der Waals surface area contributed by atoms with Gasteiger partial charge < -0.3 is 5.73 Å². The number of halogens is 3. The van der Waals surface area contributed by atoms with Gasteiger partial charge >= 0.3 is 0 Å². The third-order valence-corrected chi connectivity index (χ3v) is 3.58. The van der Waals surface area contributed by atoms with Crippen molar-refractivity contribution in [1.29, 1.82) is 0 Å². The molecule has 0 aromatic heterocycles. The molecule has 2 rings (SSSR count). The Morgan fingerprint density at radius 3 is 2.89 bits per heavy atom. The van der Waals surface area contributed by atoms with Gasteiger partial charge in [0.15, 0.2) is 0 Å². The molecule has 0 aliphatic carbocycles. The van der Waals surface area contributed by atoms with Crippen LogP contribution in [0, 0.1) is 11.7 Å². The van der Waals surface area contributed by atoms with E-state index < -0.39 is 0 Å². The number of rotatable bonds is 3. The maximum Gasteiger partial charge on any atom is 0.129 e. The third-order valence-electron chi connectivity index (χ3n) is 3.35. The molecule has 2 nitrogen and oxygen atoms in total. The summed E-state index contributed by atoms with van der Waals surface area (Å²) in [5, 5.41) is 0.449. The molecule has 0 saturated carbocycles. The van der Waals surface area contributed by atoms with Crippen molar-refractivity contribution in [2.45, 2.75) is 19.4 Å². The first-order valence-corrected chi connectivity index (χ1v) is 6.43. The van der Waals surface area contributed by atoms with Crippen molar-refractivity contribution >= 4 is 24.0 Å². The zero-order valence-electron chi connectivity index (χ0n) is 10.2. The van der Waals surface area contributed by atoms with Crippen LogP contribution in [0.5, 0.6) is 0 Å². The SMILES string of the molecule is Cl.NCC1CCCN(Cc2ccc(Cl)cc2F)C1. The number of nitrogens with zero attached hydrogens (tertiary/aromatic N) is 1. The van der Waals surface area contributed by atoms with Crippen LogP contribution in [0.3, 0.4) is 0 Å². The van der Waals surface area contributed by atoms with Crippen molar-refractivity contribution in [1.82, 2.24) is 4.90 Å². The zero-order chi connectivity index (χ0) is 12.3. The van der Waals surface area contributed by atoms with Crippen LogP contribution >= 0.6 is 24.0 Å². The summed E-state index contributed by atoms with van der Waals surface area (Å²) in [5.74, 6) is 0.339. The lowest BCUT2D eigenvalue weighted by Crippen LogP contribution is -2.38. The van der Waals surface area contributed by atoms with Gasteiger partial charge in [0.05, 0.1) is 0 Å². The van der Waals surface area contributed by atoms with Crippen LogP contribution < -0.4 is 5.73 Å². The summed E-state index contributed by atoms with van der Waals surface area (Å²) in [6.07, 6.45) is 2.34. The van der Waals surface area contributed by atoms with Gasteiger partial charge in [-0.15, -0.1) is 12.4 Å². The van der Waals surface area contributed by atoms with Crippen LogP contribution in [0.4, 0.5) is 4.39 Å². The summed E-state index contributed by atoms with van der Waals surface area (Å²) in [6, 6.07) is 4.88. The Kier molecular flexibility index (Phi) is 6.36. The van der Waals surface area contributed by atoms with E-state index in [1.807, 2.05) is 0 Å². The van der Waals surface area contributed by atoms with Crippen LogP contribution in [0.1, 0.15) is 18.4 Å². The Morgan fingerprint density at radius 2 is 2.22 bits per heavy atom. The molecule has 0 amide bonds. The average Bonchev–Trinajstić information content (AvgIpc) is 2.33. The molecule has 1 saturated heterocycles. The fraction of sp³-hybridized carbons (Fsp3) is 0.538. The molecule has 1 atom stereocenters. The molecule has 0 radical (unpaired) electrons. The fourth-order valence-electron chi connectivity index (χ4n) is 2.38. The third kappa shape index (κ3) is 4.09. The molecule has 2 N–H and O–H groups in total. The molecular formula is C13H19Cl2FN2. The molecule has 1 unspecified atom stereocenters. The van der Waals surface area contributed by atoms with Crippen molar-refractivity contribution in [3.8, 4) is 0 Å². The van der Waals surface area contributed by atoms with E-state index >= 15 is 0 Å². The normalized spacial score (nSPS) is 20.5. The first kappa shape index (κ1) is 15.7. The Bertz CT molecular complexity index is 387. The Hall–Kier alpha value is -0.350. The quantitative estimate of drug-likeness (QED) is 0.928. The molecule has 0 spiro atoms. The van der Waals surface area contributed by atoms with E-state index in [-0.39, 0.29) is 18.2 Å². The molecular weight excluding hydrogens is 274 g/mol. The van der Waals surface area contributed by atoms with Crippen molar-refractivity contribution < 1.29 is 4.39 Å². The Balaban J connectivity index is 0.00000162. The highest BCUT2D eigenvalue weighted by molar-refractivity contribution is 6.30. The van der Waals surface area contributed by atoms with E-state index in [4.69, 9.17) is 17.3 Å². The molecule has 1 aliphatic heterocycles. The van der Waals surface area contributed by atoms with Crippen molar-refractivity contribution in [2.75, 3.05) is 19.6 Å². The molecule has 1 aliphatic rings. The minimum Gasteiger partial charge on any atom is -0.330 e. The zero-order valence-corrected chi connectivity index (χ0v) is 11.8. The number of piperidine rings is 1. The van der Waals surface area contributed by atoms with Gasteiger partial charge in [0.25, 0.3) is 0 Å². The molecule has 18 heavy (non-hydrogen) atoms. The first-order chi connectivity index (χ1) is 8.19. The van der Waals surface area contributed by atoms with Gasteiger partial charge in [-0.3, -0.25) is 4.90 Å². The largest absolute Gasteiger partial charge is 0.330 e. The van der Waals surface area contributed by atoms with Crippen LogP contribution in [0.2, 0.25) is 5.02 Å². The van der Waals surface area contributed by atoms with Crippen molar-refractivity contribution in [2.24, 2.45) is 11.7 Å². The minimum atomic E-state index is -0.215. The van der Waals surface area contributed by atoms with Crippen LogP contribution in [0.15, 0.2) is 18.2 Å². The van der Waals surface area contributed by atoms with Crippen LogP contribution in [-0.4, -0.2) is 24.5 Å². The Labute approximate surface area is 119 Å². The molecule has 5 heteroatoms. The predicted octanol–water partition coefficient (Wildman–Crippen LogP) is 3.07. The van der Waals surface area contributed by atoms with Gasteiger partial charge in [0.1, 0.15) is 5.82 Å². The second-order valence-electron chi connectivity index (χ2n) is 4.71. The van der Waals surface area contributed by atoms with Crippen LogP contribution in [0.25, 0.3) is 0 Å². The lowest BCUT2D eigenvalue weighted by atomic mass is 9.98. The van der Waals surface area contributed by atoms with Gasteiger partial charge in [0.2, 0.25) is 0 Å². The second kappa shape index (κ2) is 7.29. The highest BCUT2D eigenvalue weighted by Crippen LogP contribution is 2.20. The number of hydrogen-bond acceptors (Lipinski definition) is 2. The van der Waals surface area contributed by atoms with E-state index in [0.717, 1.165) is 26.1 Å². The van der Waals surface area contributed by atoms with Crippen molar-refractivity contribution in [3.63, 3.8) is 0 Å². The van der Waals surface area contributed by atoms with E-state index in [1.165, 1.54) is 12.5 Å². The highest BCUT2D eigenvalue weighted by atomic mass is 35.5. The lowest BCUT2D eigenvalue weighted by molar-refractivity contribution is 0.169. The smallest absolute Gasteiger partial charge is 0.129 e. The summed E-state index contributed by atoms with van der Waals surface area (Å²) in [5.41, 5.74) is 6.41. The standard InChI is InChI=1S/C13H18ClFN2.ClH/c14-12-4-3-11(13(15)6-12)9-17-5-1-2-10(7-16)8-17;/h3-4,6,10H,1-2,5,7-9,16H2;1H. The summed E-state index contributed by atoms with van der Waals surface area (Å²) < 4.78 is 13.6. The van der Waals surface area contributed by atoms with Crippen LogP contribution in [-0.2, 0) is 6.54 Å². The maximum atomic E-state index is 13.6. The average molecular weight is 293 g/mol. The molecule has 1 aromatic rings. The number of likely N-dealkylation sites (tertiary alicyclic amines) is 1. The predicted molar refractivity (Wildman–Crippen MR) is 75.7 cm³/mol. The number of nitrogens with two attached hydrogens (primary N) is 1. The fourth-order valence-corrected chi connectivity index (χ4v) is 2.54. The number of hydrogen-bond donors (Lipinski definition) is 1. The number of benzene rings is 1. The van der Waals surface area contributed by atoms with Gasteiger partial charge in [-0.05, 0) is 44.0 Å². The van der Waals surface area contributed by atoms with Crippen molar-refractivity contribution in [3.05, 3.63) is 34.6 Å². The van der Waals surface area contributed by atoms with E-state index in [2.05, 4.69) is 4.90 Å². The molecule has 0 bridgehead atoms. The molecule has 1 heterocycles. The van der Waals surface area contributed by atoms with Gasteiger partial charge in [0, 0.05) is 23.7 Å². The summed E-state index contributed by atoms with van der Waals surface area (Å²) in [4.78, 5) is 2.27. The van der Waals surface area contributed by atoms with E-state index in [9.17, 15) is 4.39 Å². The topological polar surface area (TPSA) is 29.3 Å². The summed E-state index contributed by atoms with van der Waals surface area (Å²) >= 11 is 5.74. The summed E-state index contributed by atoms with van der Waals surface area (Å²) in [7, 11) is 0. The molecule has 1 aromatic carbocycles. The highest BCUT2D eigenvalue weighted by Gasteiger charge is 2.19. The molecule has 102 valence electrons. The monoisotopic (exact) mass is 292 g/mol. The molecule has 1 fully saturated rings. The van der Waals surface area contributed by atoms with E-state index in [0.29, 0.717) is 23.0 Å².